The van der Waals surface area contributed by atoms with Crippen molar-refractivity contribution in [1.29, 1.82) is 0 Å². The van der Waals surface area contributed by atoms with Gasteiger partial charge in [0, 0.05) is 29.0 Å². The fourth-order valence-electron chi connectivity index (χ4n) is 1.82. The molecule has 1 N–H and O–H groups in total. The lowest BCUT2D eigenvalue weighted by Crippen LogP contribution is -2.25. The molecule has 0 saturated carbocycles. The Morgan fingerprint density at radius 1 is 1.09 bits per heavy atom. The van der Waals surface area contributed by atoms with Gasteiger partial charge in [-0.3, -0.25) is 4.79 Å². The minimum Gasteiger partial charge on any atom is -0.351 e. The molecular formula is C16H17NO3S2. The van der Waals surface area contributed by atoms with E-state index in [0.717, 1.165) is 16.9 Å². The molecular weight excluding hydrogens is 318 g/mol. The van der Waals surface area contributed by atoms with Crippen molar-refractivity contribution in [3.05, 3.63) is 60.2 Å². The van der Waals surface area contributed by atoms with E-state index in [4.69, 9.17) is 0 Å². The summed E-state index contributed by atoms with van der Waals surface area (Å²) < 4.78 is 23.0. The highest BCUT2D eigenvalue weighted by Crippen LogP contribution is 2.16. The zero-order valence-corrected chi connectivity index (χ0v) is 13.8. The maximum Gasteiger partial charge on any atom is 0.251 e. The molecule has 0 aromatic heterocycles. The molecule has 0 aliphatic rings. The van der Waals surface area contributed by atoms with Gasteiger partial charge in [0.25, 0.3) is 5.91 Å². The van der Waals surface area contributed by atoms with Gasteiger partial charge in [-0.05, 0) is 30.3 Å². The van der Waals surface area contributed by atoms with Crippen molar-refractivity contribution in [1.82, 2.24) is 5.32 Å². The first-order valence-corrected chi connectivity index (χ1v) is 9.61. The van der Waals surface area contributed by atoms with Crippen LogP contribution < -0.4 is 5.32 Å². The van der Waals surface area contributed by atoms with Crippen LogP contribution in [0.2, 0.25) is 0 Å². The zero-order valence-electron chi connectivity index (χ0n) is 12.2. The predicted molar refractivity (Wildman–Crippen MR) is 89.1 cm³/mol. The van der Waals surface area contributed by atoms with Crippen LogP contribution in [0.3, 0.4) is 0 Å². The van der Waals surface area contributed by atoms with Gasteiger partial charge in [-0.25, -0.2) is 8.42 Å². The summed E-state index contributed by atoms with van der Waals surface area (Å²) in [5, 5.41) is 2.79. The van der Waals surface area contributed by atoms with Crippen molar-refractivity contribution in [3.8, 4) is 0 Å². The number of hydrogen-bond acceptors (Lipinski definition) is 4. The highest BCUT2D eigenvalue weighted by molar-refractivity contribution is 7.99. The number of nitrogens with one attached hydrogen (secondary N) is 1. The summed E-state index contributed by atoms with van der Waals surface area (Å²) in [6.07, 6.45) is 1.13. The van der Waals surface area contributed by atoms with Crippen LogP contribution in [0.1, 0.15) is 10.4 Å². The quantitative estimate of drug-likeness (QED) is 0.651. The van der Waals surface area contributed by atoms with Crippen LogP contribution in [-0.4, -0.2) is 32.9 Å². The lowest BCUT2D eigenvalue weighted by atomic mass is 10.2. The first-order chi connectivity index (χ1) is 10.5. The highest BCUT2D eigenvalue weighted by Gasteiger charge is 2.11. The number of benzene rings is 2. The van der Waals surface area contributed by atoms with Gasteiger partial charge in [0.1, 0.15) is 0 Å². The molecule has 6 heteroatoms. The molecule has 2 aromatic rings. The summed E-state index contributed by atoms with van der Waals surface area (Å²) in [5.41, 5.74) is 0.354. The first-order valence-electron chi connectivity index (χ1n) is 6.73. The van der Waals surface area contributed by atoms with Gasteiger partial charge in [-0.15, -0.1) is 11.8 Å². The normalized spacial score (nSPS) is 11.1. The minimum atomic E-state index is -3.30. The number of rotatable bonds is 6. The zero-order chi connectivity index (χ0) is 16.0. The summed E-state index contributed by atoms with van der Waals surface area (Å²) in [7, 11) is -3.30. The third kappa shape index (κ3) is 4.89. The van der Waals surface area contributed by atoms with E-state index < -0.39 is 9.84 Å². The Hall–Kier alpha value is -1.79. The molecule has 0 bridgehead atoms. The molecule has 0 spiro atoms. The van der Waals surface area contributed by atoms with Crippen LogP contribution in [0.5, 0.6) is 0 Å². The number of carbonyl (C=O) groups is 1. The highest BCUT2D eigenvalue weighted by atomic mass is 32.2. The molecule has 2 aromatic carbocycles. The lowest BCUT2D eigenvalue weighted by molar-refractivity contribution is 0.0956. The number of amides is 1. The Labute approximate surface area is 134 Å². The molecule has 22 heavy (non-hydrogen) atoms. The summed E-state index contributed by atoms with van der Waals surface area (Å²) in [5.74, 6) is 0.487. The molecule has 0 aliphatic heterocycles. The average molecular weight is 335 g/mol. The van der Waals surface area contributed by atoms with Crippen molar-refractivity contribution >= 4 is 27.5 Å². The van der Waals surface area contributed by atoms with Crippen molar-refractivity contribution in [2.45, 2.75) is 9.79 Å². The maximum atomic E-state index is 12.0. The van der Waals surface area contributed by atoms with Gasteiger partial charge in [-0.2, -0.15) is 0 Å². The Bertz CT molecular complexity index is 743. The molecule has 2 rings (SSSR count). The van der Waals surface area contributed by atoms with E-state index >= 15 is 0 Å². The average Bonchev–Trinajstić information content (AvgIpc) is 2.52. The SMILES string of the molecule is CS(=O)(=O)c1cccc(C(=O)NCCSc2ccccc2)c1. The van der Waals surface area contributed by atoms with Gasteiger partial charge in [0.15, 0.2) is 9.84 Å². The maximum absolute atomic E-state index is 12.0. The second kappa shape index (κ2) is 7.47. The molecule has 0 saturated heterocycles. The lowest BCUT2D eigenvalue weighted by Gasteiger charge is -2.06. The van der Waals surface area contributed by atoms with E-state index in [1.165, 1.54) is 12.1 Å². The predicted octanol–water partition coefficient (Wildman–Crippen LogP) is 2.61. The third-order valence-corrected chi connectivity index (χ3v) is 5.05. The van der Waals surface area contributed by atoms with Crippen LogP contribution in [0.4, 0.5) is 0 Å². The largest absolute Gasteiger partial charge is 0.351 e. The molecule has 0 heterocycles. The topological polar surface area (TPSA) is 63.2 Å². The van der Waals surface area contributed by atoms with Gasteiger partial charge in [-0.1, -0.05) is 24.3 Å². The summed E-state index contributed by atoms with van der Waals surface area (Å²) in [6.45, 7) is 0.515. The van der Waals surface area contributed by atoms with E-state index in [-0.39, 0.29) is 10.8 Å². The number of hydrogen-bond donors (Lipinski definition) is 1. The first kappa shape index (κ1) is 16.6. The second-order valence-electron chi connectivity index (χ2n) is 4.72. The Morgan fingerprint density at radius 2 is 1.82 bits per heavy atom. The standard InChI is InChI=1S/C16H17NO3S2/c1-22(19,20)15-9-5-6-13(12-15)16(18)17-10-11-21-14-7-3-2-4-8-14/h2-9,12H,10-11H2,1H3,(H,17,18). The molecule has 0 unspecified atom stereocenters. The van der Waals surface area contributed by atoms with Crippen LogP contribution in [-0.2, 0) is 9.84 Å². The minimum absolute atomic E-state index is 0.152. The van der Waals surface area contributed by atoms with Crippen molar-refractivity contribution in [3.63, 3.8) is 0 Å². The monoisotopic (exact) mass is 335 g/mol. The van der Waals surface area contributed by atoms with E-state index in [0.29, 0.717) is 12.1 Å². The molecule has 0 fully saturated rings. The molecule has 4 nitrogen and oxygen atoms in total. The molecule has 116 valence electrons. The van der Waals surface area contributed by atoms with Crippen LogP contribution in [0, 0.1) is 0 Å². The van der Waals surface area contributed by atoms with E-state index in [2.05, 4.69) is 5.32 Å². The molecule has 1 amide bonds. The van der Waals surface area contributed by atoms with Crippen LogP contribution >= 0.6 is 11.8 Å². The van der Waals surface area contributed by atoms with Crippen LogP contribution in [0.25, 0.3) is 0 Å². The number of carbonyl (C=O) groups excluding carboxylic acids is 1. The third-order valence-electron chi connectivity index (χ3n) is 2.92. The van der Waals surface area contributed by atoms with Crippen molar-refractivity contribution < 1.29 is 13.2 Å². The van der Waals surface area contributed by atoms with Gasteiger partial charge in [0.2, 0.25) is 0 Å². The number of thioether (sulfide) groups is 1. The number of sulfone groups is 1. The molecule has 0 atom stereocenters. The van der Waals surface area contributed by atoms with Crippen molar-refractivity contribution in [2.75, 3.05) is 18.6 Å². The van der Waals surface area contributed by atoms with Gasteiger partial charge >= 0.3 is 0 Å². The van der Waals surface area contributed by atoms with Crippen LogP contribution in [0.15, 0.2) is 64.4 Å². The second-order valence-corrected chi connectivity index (χ2v) is 7.90. The Balaban J connectivity index is 1.88. The smallest absolute Gasteiger partial charge is 0.251 e. The fraction of sp³-hybridized carbons (Fsp3) is 0.188. The summed E-state index contributed by atoms with van der Waals surface area (Å²) in [6, 6.07) is 16.0. The Kier molecular flexibility index (Phi) is 5.63. The van der Waals surface area contributed by atoms with Gasteiger partial charge in [0.05, 0.1) is 4.90 Å². The van der Waals surface area contributed by atoms with Crippen molar-refractivity contribution in [2.24, 2.45) is 0 Å². The summed E-state index contributed by atoms with van der Waals surface area (Å²) >= 11 is 1.65. The van der Waals surface area contributed by atoms with Gasteiger partial charge < -0.3 is 5.32 Å². The van der Waals surface area contributed by atoms with E-state index in [1.54, 1.807) is 23.9 Å². The summed E-state index contributed by atoms with van der Waals surface area (Å²) in [4.78, 5) is 13.3. The molecule has 0 aliphatic carbocycles. The van der Waals surface area contributed by atoms with E-state index in [9.17, 15) is 13.2 Å². The fourth-order valence-corrected chi connectivity index (χ4v) is 3.28. The van der Waals surface area contributed by atoms with E-state index in [1.807, 2.05) is 30.3 Å². The Morgan fingerprint density at radius 3 is 2.50 bits per heavy atom. The molecule has 0 radical (unpaired) electrons.